The molecule has 23 heavy (non-hydrogen) atoms. The van der Waals surface area contributed by atoms with Crippen molar-refractivity contribution in [1.29, 1.82) is 0 Å². The summed E-state index contributed by atoms with van der Waals surface area (Å²) in [5.74, 6) is 1.46. The highest BCUT2D eigenvalue weighted by Gasteiger charge is 2.28. The minimum atomic E-state index is -3.45. The first kappa shape index (κ1) is 16.9. The van der Waals surface area contributed by atoms with Gasteiger partial charge in [0.05, 0.1) is 17.1 Å². The quantitative estimate of drug-likeness (QED) is 0.821. The monoisotopic (exact) mass is 375 g/mol. The second kappa shape index (κ2) is 6.90. The molecule has 0 spiro atoms. The van der Waals surface area contributed by atoms with Crippen molar-refractivity contribution < 1.29 is 12.8 Å². The summed E-state index contributed by atoms with van der Waals surface area (Å²) in [6.45, 7) is 4.94. The lowest BCUT2D eigenvalue weighted by molar-refractivity contribution is 0.253. The number of aryl methyl sites for hydroxylation is 1. The van der Waals surface area contributed by atoms with E-state index in [1.165, 1.54) is 0 Å². The van der Waals surface area contributed by atoms with E-state index in [1.54, 1.807) is 22.6 Å². The Labute approximate surface area is 144 Å². The molecule has 0 unspecified atom stereocenters. The number of hydrogen-bond acceptors (Lipinski definition) is 6. The molecule has 0 bridgehead atoms. The predicted octanol–water partition coefficient (Wildman–Crippen LogP) is 2.59. The van der Waals surface area contributed by atoms with Crippen LogP contribution in [0.2, 0.25) is 4.34 Å². The Hall–Kier alpha value is -0.930. The van der Waals surface area contributed by atoms with E-state index < -0.39 is 10.0 Å². The van der Waals surface area contributed by atoms with E-state index in [9.17, 15) is 8.42 Å². The normalized spacial score (nSPS) is 18.2. The zero-order valence-electron chi connectivity index (χ0n) is 12.7. The molecule has 1 aliphatic rings. The molecule has 0 saturated carbocycles. The van der Waals surface area contributed by atoms with Crippen LogP contribution in [0.15, 0.2) is 27.0 Å². The molecular weight excluding hydrogens is 358 g/mol. The van der Waals surface area contributed by atoms with Gasteiger partial charge in [-0.25, -0.2) is 13.4 Å². The van der Waals surface area contributed by atoms with Gasteiger partial charge in [-0.3, -0.25) is 4.90 Å². The van der Waals surface area contributed by atoms with Crippen LogP contribution in [0.25, 0.3) is 0 Å². The van der Waals surface area contributed by atoms with Crippen molar-refractivity contribution >= 4 is 33.0 Å². The highest BCUT2D eigenvalue weighted by Crippen LogP contribution is 2.28. The van der Waals surface area contributed by atoms with E-state index in [-0.39, 0.29) is 0 Å². The summed E-state index contributed by atoms with van der Waals surface area (Å²) in [5.41, 5.74) is 0. The van der Waals surface area contributed by atoms with E-state index in [4.69, 9.17) is 16.0 Å². The number of hydrogen-bond donors (Lipinski definition) is 0. The van der Waals surface area contributed by atoms with Crippen molar-refractivity contribution in [3.63, 3.8) is 0 Å². The summed E-state index contributed by atoms with van der Waals surface area (Å²) in [7, 11) is -3.45. The smallest absolute Gasteiger partial charge is 0.252 e. The molecule has 0 atom stereocenters. The first-order chi connectivity index (χ1) is 10.9. The number of oxazole rings is 1. The third-order valence-electron chi connectivity index (χ3n) is 3.74. The van der Waals surface area contributed by atoms with Gasteiger partial charge in [0, 0.05) is 26.6 Å². The molecule has 0 N–H and O–H groups in total. The fourth-order valence-electron chi connectivity index (χ4n) is 2.61. The van der Waals surface area contributed by atoms with Crippen LogP contribution in [-0.2, 0) is 16.6 Å². The van der Waals surface area contributed by atoms with E-state index >= 15 is 0 Å². The molecule has 126 valence electrons. The number of aromatic nitrogens is 1. The molecule has 6 nitrogen and oxygen atoms in total. The van der Waals surface area contributed by atoms with Gasteiger partial charge in [0.2, 0.25) is 0 Å². The number of halogens is 1. The van der Waals surface area contributed by atoms with Crippen LogP contribution in [0.1, 0.15) is 18.1 Å². The molecule has 9 heteroatoms. The SMILES string of the molecule is Cc1ncc(CN2CCCN(S(=O)(=O)c3ccc(Cl)s3)CC2)o1. The molecule has 2 aromatic heterocycles. The van der Waals surface area contributed by atoms with Crippen LogP contribution in [0, 0.1) is 6.92 Å². The summed E-state index contributed by atoms with van der Waals surface area (Å²) in [6, 6.07) is 3.19. The number of nitrogens with zero attached hydrogens (tertiary/aromatic N) is 3. The van der Waals surface area contributed by atoms with Crippen LogP contribution >= 0.6 is 22.9 Å². The van der Waals surface area contributed by atoms with E-state index in [0.717, 1.165) is 30.1 Å². The summed E-state index contributed by atoms with van der Waals surface area (Å²) in [6.07, 6.45) is 2.51. The number of sulfonamides is 1. The maximum absolute atomic E-state index is 12.7. The molecule has 3 rings (SSSR count). The fraction of sp³-hybridized carbons (Fsp3) is 0.500. The van der Waals surface area contributed by atoms with Gasteiger partial charge in [-0.2, -0.15) is 4.31 Å². The third kappa shape index (κ3) is 3.95. The van der Waals surface area contributed by atoms with Gasteiger partial charge in [-0.05, 0) is 25.1 Å². The maximum Gasteiger partial charge on any atom is 0.252 e. The second-order valence-electron chi connectivity index (χ2n) is 5.44. The van der Waals surface area contributed by atoms with Gasteiger partial charge in [0.25, 0.3) is 10.0 Å². The van der Waals surface area contributed by atoms with E-state index in [2.05, 4.69) is 9.88 Å². The molecule has 2 aromatic rings. The van der Waals surface area contributed by atoms with Crippen LogP contribution in [0.4, 0.5) is 0 Å². The zero-order valence-corrected chi connectivity index (χ0v) is 15.1. The van der Waals surface area contributed by atoms with Gasteiger partial charge in [0.1, 0.15) is 9.97 Å². The zero-order chi connectivity index (χ0) is 16.4. The van der Waals surface area contributed by atoms with Gasteiger partial charge in [0.15, 0.2) is 5.89 Å². The second-order valence-corrected chi connectivity index (χ2v) is 9.32. The summed E-state index contributed by atoms with van der Waals surface area (Å²) in [5, 5.41) is 0. The van der Waals surface area contributed by atoms with Gasteiger partial charge in [-0.1, -0.05) is 11.6 Å². The topological polar surface area (TPSA) is 66.7 Å². The van der Waals surface area contributed by atoms with Gasteiger partial charge >= 0.3 is 0 Å². The first-order valence-electron chi connectivity index (χ1n) is 7.34. The van der Waals surface area contributed by atoms with E-state index in [0.29, 0.717) is 40.6 Å². The highest BCUT2D eigenvalue weighted by atomic mass is 35.5. The Morgan fingerprint density at radius 3 is 2.78 bits per heavy atom. The van der Waals surface area contributed by atoms with Gasteiger partial charge in [-0.15, -0.1) is 11.3 Å². The molecule has 0 amide bonds. The Kier molecular flexibility index (Phi) is 5.07. The lowest BCUT2D eigenvalue weighted by Crippen LogP contribution is -2.34. The average Bonchev–Trinajstić information content (AvgIpc) is 3.03. The predicted molar refractivity (Wildman–Crippen MR) is 89.2 cm³/mol. The lowest BCUT2D eigenvalue weighted by atomic mass is 10.3. The number of rotatable bonds is 4. The maximum atomic E-state index is 12.7. The van der Waals surface area contributed by atoms with Crippen molar-refractivity contribution in [1.82, 2.24) is 14.2 Å². The molecular formula is C14H18ClN3O3S2. The van der Waals surface area contributed by atoms with Crippen molar-refractivity contribution in [2.45, 2.75) is 24.1 Å². The van der Waals surface area contributed by atoms with Gasteiger partial charge < -0.3 is 4.42 Å². The summed E-state index contributed by atoms with van der Waals surface area (Å²) >= 11 is 6.96. The minimum absolute atomic E-state index is 0.307. The highest BCUT2D eigenvalue weighted by molar-refractivity contribution is 7.91. The van der Waals surface area contributed by atoms with Crippen molar-refractivity contribution in [3.05, 3.63) is 34.3 Å². The summed E-state index contributed by atoms with van der Waals surface area (Å²) in [4.78, 5) is 6.28. The standard InChI is InChI=1S/C14H18ClN3O3S2/c1-11-16-9-12(21-11)10-17-5-2-6-18(8-7-17)23(19,20)14-4-3-13(15)22-14/h3-4,9H,2,5-8,10H2,1H3. The Morgan fingerprint density at radius 2 is 2.13 bits per heavy atom. The molecule has 0 radical (unpaired) electrons. The van der Waals surface area contributed by atoms with Crippen LogP contribution in [-0.4, -0.2) is 48.8 Å². The molecule has 1 fully saturated rings. The fourth-order valence-corrected chi connectivity index (χ4v) is 5.71. The number of thiophene rings is 1. The average molecular weight is 376 g/mol. The minimum Gasteiger partial charge on any atom is -0.445 e. The van der Waals surface area contributed by atoms with Crippen LogP contribution in [0.3, 0.4) is 0 Å². The molecule has 1 aliphatic heterocycles. The molecule has 1 saturated heterocycles. The van der Waals surface area contributed by atoms with Crippen molar-refractivity contribution in [3.8, 4) is 0 Å². The first-order valence-corrected chi connectivity index (χ1v) is 9.98. The lowest BCUT2D eigenvalue weighted by Gasteiger charge is -2.20. The van der Waals surface area contributed by atoms with Crippen LogP contribution < -0.4 is 0 Å². The summed E-state index contributed by atoms with van der Waals surface area (Å²) < 4.78 is 33.1. The van der Waals surface area contributed by atoms with Crippen molar-refractivity contribution in [2.24, 2.45) is 0 Å². The molecule has 0 aliphatic carbocycles. The third-order valence-corrected chi connectivity index (χ3v) is 7.34. The van der Waals surface area contributed by atoms with E-state index in [1.807, 2.05) is 6.92 Å². The van der Waals surface area contributed by atoms with Crippen molar-refractivity contribution in [2.75, 3.05) is 26.2 Å². The largest absolute Gasteiger partial charge is 0.445 e. The Morgan fingerprint density at radius 1 is 1.30 bits per heavy atom. The molecule has 3 heterocycles. The molecule has 0 aromatic carbocycles. The Bertz CT molecular complexity index is 772. The Balaban J connectivity index is 1.66. The van der Waals surface area contributed by atoms with Crippen LogP contribution in [0.5, 0.6) is 0 Å².